The van der Waals surface area contributed by atoms with Crippen molar-refractivity contribution < 1.29 is 28.7 Å². The number of nitrogens with zero attached hydrogens (tertiary/aromatic N) is 6. The van der Waals surface area contributed by atoms with Crippen LogP contribution in [-0.4, -0.2) is 112 Å². The van der Waals surface area contributed by atoms with Crippen LogP contribution in [0.4, 0.5) is 5.69 Å². The van der Waals surface area contributed by atoms with Crippen LogP contribution in [0.5, 0.6) is 5.75 Å². The normalized spacial score (nSPS) is 22.6. The maximum Gasteiger partial charge on any atom is 0.261 e. The lowest BCUT2D eigenvalue weighted by Gasteiger charge is -2.44. The Bertz CT molecular complexity index is 2240. The molecular weight excluding hydrogens is 729 g/mol. The third kappa shape index (κ3) is 7.48. The smallest absolute Gasteiger partial charge is 0.261 e. The molecule has 6 aliphatic rings. The number of aromatic nitrogens is 3. The lowest BCUT2D eigenvalue weighted by atomic mass is 9.95. The number of carbonyl (C=O) groups excluding carboxylic acids is 4. The van der Waals surface area contributed by atoms with Crippen LogP contribution in [-0.2, 0) is 20.9 Å². The molecule has 16 nitrogen and oxygen atoms in total. The second-order valence-corrected chi connectivity index (χ2v) is 15.8. The average molecular weight is 775 g/mol. The maximum atomic E-state index is 13.4. The number of piperidine rings is 2. The Morgan fingerprint density at radius 3 is 2.67 bits per heavy atom. The Labute approximate surface area is 329 Å². The number of ether oxygens (including phenoxy) is 2. The molecule has 6 heterocycles. The number of hydrogen-bond acceptors (Lipinski definition) is 12. The molecule has 16 heteroatoms. The molecule has 3 saturated heterocycles. The highest BCUT2D eigenvalue weighted by Crippen LogP contribution is 2.39. The first-order valence-corrected chi connectivity index (χ1v) is 19.7. The number of likely N-dealkylation sites (tertiary alicyclic amines) is 1. The molecule has 4 fully saturated rings. The molecule has 1 unspecified atom stereocenters. The number of amides is 4. The van der Waals surface area contributed by atoms with Gasteiger partial charge in [-0.3, -0.25) is 24.5 Å². The third-order valence-corrected chi connectivity index (χ3v) is 11.8. The van der Waals surface area contributed by atoms with E-state index in [1.165, 1.54) is 6.20 Å². The van der Waals surface area contributed by atoms with Crippen molar-refractivity contribution in [3.63, 3.8) is 0 Å². The van der Waals surface area contributed by atoms with Crippen molar-refractivity contribution in [2.45, 2.75) is 57.2 Å². The van der Waals surface area contributed by atoms with E-state index in [9.17, 15) is 19.2 Å². The molecule has 1 aromatic carbocycles. The summed E-state index contributed by atoms with van der Waals surface area (Å²) in [4.78, 5) is 61.7. The van der Waals surface area contributed by atoms with Crippen LogP contribution in [0.3, 0.4) is 0 Å². The largest absolute Gasteiger partial charge is 0.496 e. The zero-order valence-corrected chi connectivity index (χ0v) is 31.8. The average Bonchev–Trinajstić information content (AvgIpc) is 3.83. The lowest BCUT2D eigenvalue weighted by Crippen LogP contribution is -2.53. The van der Waals surface area contributed by atoms with Crippen LogP contribution in [0, 0.1) is 17.2 Å². The molecule has 1 atom stereocenters. The molecule has 1 saturated carbocycles. The van der Waals surface area contributed by atoms with Crippen molar-refractivity contribution >= 4 is 40.7 Å². The molecule has 2 aromatic heterocycles. The fourth-order valence-electron chi connectivity index (χ4n) is 8.35. The molecule has 9 rings (SSSR count). The van der Waals surface area contributed by atoms with Gasteiger partial charge in [0.2, 0.25) is 11.8 Å². The van der Waals surface area contributed by atoms with E-state index in [1.807, 2.05) is 18.3 Å². The van der Waals surface area contributed by atoms with Gasteiger partial charge in [0, 0.05) is 99.6 Å². The first-order valence-electron chi connectivity index (χ1n) is 19.7. The second-order valence-electron chi connectivity index (χ2n) is 15.8. The highest BCUT2D eigenvalue weighted by molar-refractivity contribution is 6.11. The highest BCUT2D eigenvalue weighted by Gasteiger charge is 2.41. The number of anilines is 1. The van der Waals surface area contributed by atoms with Gasteiger partial charge in [0.15, 0.2) is 5.65 Å². The van der Waals surface area contributed by atoms with Crippen molar-refractivity contribution in [1.82, 2.24) is 40.3 Å². The van der Waals surface area contributed by atoms with E-state index in [-0.39, 0.29) is 30.2 Å². The molecule has 0 radical (unpaired) electrons. The van der Waals surface area contributed by atoms with Gasteiger partial charge in [0.1, 0.15) is 23.1 Å². The van der Waals surface area contributed by atoms with E-state index in [0.29, 0.717) is 76.7 Å². The van der Waals surface area contributed by atoms with Gasteiger partial charge in [-0.15, -0.1) is 0 Å². The van der Waals surface area contributed by atoms with E-state index in [0.717, 1.165) is 69.7 Å². The number of imide groups is 1. The summed E-state index contributed by atoms with van der Waals surface area (Å²) in [5, 5.41) is 21.9. The van der Waals surface area contributed by atoms with Gasteiger partial charge in [-0.2, -0.15) is 5.10 Å². The van der Waals surface area contributed by atoms with Crippen LogP contribution < -0.4 is 25.6 Å². The number of carbonyl (C=O) groups is 4. The van der Waals surface area contributed by atoms with Gasteiger partial charge < -0.3 is 40.2 Å². The predicted molar refractivity (Wildman–Crippen MR) is 208 cm³/mol. The zero-order chi connectivity index (χ0) is 39.2. The topological polar surface area (TPSA) is 187 Å². The minimum Gasteiger partial charge on any atom is -0.496 e. The van der Waals surface area contributed by atoms with E-state index >= 15 is 0 Å². The zero-order valence-electron chi connectivity index (χ0n) is 31.8. The molecule has 57 heavy (non-hydrogen) atoms. The Kier molecular flexibility index (Phi) is 9.72. The SMILES string of the molecule is COc1cc(N2CC(CN3CCC(N/C=C4/C=C(NC(=O)c5cnn6cccnc56)C(OCC5CC5)=CC4=N)CC3)C2)cc2c1C(=O)N(C1CCC(=O)NC1=O)C2. The Balaban J connectivity index is 0.778. The fraction of sp³-hybridized carbons (Fsp3) is 0.439. The molecule has 2 aliphatic carbocycles. The number of methoxy groups -OCH3 is 1. The van der Waals surface area contributed by atoms with Crippen molar-refractivity contribution in [2.75, 3.05) is 51.3 Å². The Morgan fingerprint density at radius 2 is 1.89 bits per heavy atom. The number of nitrogens with one attached hydrogen (secondary N) is 4. The van der Waals surface area contributed by atoms with Gasteiger partial charge in [-0.1, -0.05) is 0 Å². The standard InChI is InChI=1S/C41H46N10O6/c1-56-35-15-29(13-27-22-50(41(55)37(27)35)33-5-6-36(52)47-40(33)54)49-20-25(21-49)19-48-11-7-28(8-12-48)44-17-26-14-32(34(16-31(26)42)57-23-24-3-4-24)46-39(53)30-18-45-51-10-2-9-43-38(30)51/h2,9-10,13-18,24-25,28,33,42,44H,3-8,11-12,19-23H2,1H3,(H,46,53)(H,47,52,54)/b26-17-,42-31?. The van der Waals surface area contributed by atoms with Crippen molar-refractivity contribution in [3.05, 3.63) is 88.9 Å². The Hall–Kier alpha value is -6.03. The highest BCUT2D eigenvalue weighted by atomic mass is 16.5. The molecule has 4 aliphatic heterocycles. The molecule has 296 valence electrons. The summed E-state index contributed by atoms with van der Waals surface area (Å²) in [5.41, 5.74) is 4.63. The number of fused-ring (bicyclic) bond motifs is 2. The van der Waals surface area contributed by atoms with Crippen LogP contribution in [0.25, 0.3) is 5.65 Å². The van der Waals surface area contributed by atoms with Gasteiger partial charge in [-0.25, -0.2) is 9.50 Å². The minimum atomic E-state index is -0.666. The summed E-state index contributed by atoms with van der Waals surface area (Å²) >= 11 is 0. The molecule has 4 amide bonds. The van der Waals surface area contributed by atoms with E-state index in [2.05, 4.69) is 35.8 Å². The van der Waals surface area contributed by atoms with E-state index < -0.39 is 11.9 Å². The molecule has 4 N–H and O–H groups in total. The van der Waals surface area contributed by atoms with Crippen LogP contribution in [0.15, 0.2) is 72.2 Å². The minimum absolute atomic E-state index is 0.215. The maximum absolute atomic E-state index is 13.4. The van der Waals surface area contributed by atoms with Gasteiger partial charge >= 0.3 is 0 Å². The lowest BCUT2D eigenvalue weighted by molar-refractivity contribution is -0.136. The summed E-state index contributed by atoms with van der Waals surface area (Å²) in [7, 11) is 1.56. The van der Waals surface area contributed by atoms with Crippen LogP contribution >= 0.6 is 0 Å². The molecule has 3 aromatic rings. The van der Waals surface area contributed by atoms with Crippen molar-refractivity contribution in [2.24, 2.45) is 11.8 Å². The van der Waals surface area contributed by atoms with Crippen molar-refractivity contribution in [1.29, 1.82) is 5.41 Å². The second kappa shape index (κ2) is 15.1. The predicted octanol–water partition coefficient (Wildman–Crippen LogP) is 2.53. The number of allylic oxidation sites excluding steroid dienone is 3. The summed E-state index contributed by atoms with van der Waals surface area (Å²) in [5.74, 6) is 0.698. The van der Waals surface area contributed by atoms with Gasteiger partial charge in [0.05, 0.1) is 36.9 Å². The number of hydrogen-bond donors (Lipinski definition) is 4. The van der Waals surface area contributed by atoms with Gasteiger partial charge in [-0.05, 0) is 61.8 Å². The summed E-state index contributed by atoms with van der Waals surface area (Å²) in [6.07, 6.45) is 14.9. The molecule has 0 bridgehead atoms. The van der Waals surface area contributed by atoms with E-state index in [1.54, 1.807) is 47.1 Å². The summed E-state index contributed by atoms with van der Waals surface area (Å²) in [6, 6.07) is 5.30. The fourth-order valence-corrected chi connectivity index (χ4v) is 8.35. The van der Waals surface area contributed by atoms with Crippen molar-refractivity contribution in [3.8, 4) is 5.75 Å². The first kappa shape index (κ1) is 36.6. The number of rotatable bonds is 12. The van der Waals surface area contributed by atoms with Crippen LogP contribution in [0.1, 0.15) is 64.8 Å². The quantitative estimate of drug-likeness (QED) is 0.198. The molecular formula is C41H46N10O6. The Morgan fingerprint density at radius 1 is 1.07 bits per heavy atom. The summed E-state index contributed by atoms with van der Waals surface area (Å²) < 4.78 is 13.3. The third-order valence-electron chi connectivity index (χ3n) is 11.8. The molecule has 0 spiro atoms. The number of benzene rings is 1. The first-order chi connectivity index (χ1) is 27.7. The monoisotopic (exact) mass is 774 g/mol. The summed E-state index contributed by atoms with van der Waals surface area (Å²) in [6.45, 7) is 5.59. The van der Waals surface area contributed by atoms with E-state index in [4.69, 9.17) is 14.9 Å². The van der Waals surface area contributed by atoms with Crippen LogP contribution in [0.2, 0.25) is 0 Å². The van der Waals surface area contributed by atoms with Gasteiger partial charge in [0.25, 0.3) is 11.8 Å².